The Kier molecular flexibility index (Phi) is 5.08. The lowest BCUT2D eigenvalue weighted by Gasteiger charge is -2.17. The molecule has 0 heterocycles. The zero-order valence-corrected chi connectivity index (χ0v) is 13.4. The zero-order valence-electron chi connectivity index (χ0n) is 11.9. The zero-order chi connectivity index (χ0) is 17.1. The maximum Gasteiger partial charge on any atom is 0.342 e. The van der Waals surface area contributed by atoms with Gasteiger partial charge in [0.2, 0.25) is 0 Å². The Morgan fingerprint density at radius 3 is 2.57 bits per heavy atom. The quantitative estimate of drug-likeness (QED) is 0.595. The Hall–Kier alpha value is -2.31. The Morgan fingerprint density at radius 1 is 1.30 bits per heavy atom. The van der Waals surface area contributed by atoms with E-state index in [-0.39, 0.29) is 17.3 Å². The van der Waals surface area contributed by atoms with Gasteiger partial charge in [-0.1, -0.05) is 35.3 Å². The van der Waals surface area contributed by atoms with Crippen molar-refractivity contribution in [1.82, 2.24) is 0 Å². The van der Waals surface area contributed by atoms with Crippen molar-refractivity contribution in [2.45, 2.75) is 13.0 Å². The highest BCUT2D eigenvalue weighted by Crippen LogP contribution is 2.33. The third kappa shape index (κ3) is 3.72. The Balaban J connectivity index is 2.41. The molecular weight excluding hydrogens is 343 g/mol. The summed E-state index contributed by atoms with van der Waals surface area (Å²) < 4.78 is 0. The second kappa shape index (κ2) is 6.85. The molecule has 6 nitrogen and oxygen atoms in total. The van der Waals surface area contributed by atoms with Gasteiger partial charge in [-0.15, -0.1) is 0 Å². The lowest BCUT2D eigenvalue weighted by molar-refractivity contribution is -0.384. The van der Waals surface area contributed by atoms with Crippen LogP contribution in [0.4, 0.5) is 11.4 Å². The number of carboxylic acid groups (broad SMARTS) is 1. The molecule has 0 saturated heterocycles. The molecule has 120 valence electrons. The minimum atomic E-state index is -1.36. The maximum absolute atomic E-state index is 11.2. The van der Waals surface area contributed by atoms with Crippen molar-refractivity contribution < 1.29 is 14.8 Å². The Morgan fingerprint density at radius 2 is 2.00 bits per heavy atom. The molecule has 0 radical (unpaired) electrons. The van der Waals surface area contributed by atoms with E-state index < -0.39 is 16.6 Å². The summed E-state index contributed by atoms with van der Waals surface area (Å²) in [7, 11) is 0. The predicted octanol–water partition coefficient (Wildman–Crippen LogP) is 4.77. The first-order valence-corrected chi connectivity index (χ1v) is 7.29. The average Bonchev–Trinajstić information content (AvgIpc) is 2.46. The van der Waals surface area contributed by atoms with Crippen LogP contribution in [0.1, 0.15) is 28.9 Å². The van der Waals surface area contributed by atoms with Crippen LogP contribution in [0.2, 0.25) is 10.0 Å². The number of nitrogens with zero attached hydrogens (tertiary/aromatic N) is 1. The number of aromatic carboxylic acids is 1. The highest BCUT2D eigenvalue weighted by atomic mass is 35.5. The molecule has 8 heteroatoms. The summed E-state index contributed by atoms with van der Waals surface area (Å²) in [6.45, 7) is 1.76. The van der Waals surface area contributed by atoms with Crippen LogP contribution in [0, 0.1) is 10.1 Å². The molecule has 0 saturated carbocycles. The van der Waals surface area contributed by atoms with E-state index in [1.165, 1.54) is 18.2 Å². The van der Waals surface area contributed by atoms with E-state index in [0.29, 0.717) is 15.6 Å². The number of hydrogen-bond acceptors (Lipinski definition) is 4. The third-order valence-electron chi connectivity index (χ3n) is 3.25. The molecule has 1 unspecified atom stereocenters. The van der Waals surface area contributed by atoms with Gasteiger partial charge in [0, 0.05) is 10.0 Å². The van der Waals surface area contributed by atoms with Gasteiger partial charge in [0.1, 0.15) is 11.3 Å². The molecular formula is C15H12Cl2N2O4. The number of carbonyl (C=O) groups is 1. The number of benzene rings is 2. The average molecular weight is 355 g/mol. The van der Waals surface area contributed by atoms with Gasteiger partial charge in [-0.3, -0.25) is 10.1 Å². The van der Waals surface area contributed by atoms with Crippen LogP contribution in [0.5, 0.6) is 0 Å². The SMILES string of the molecule is CC(Nc1cccc(C(=O)O)c1[N+](=O)[O-])c1ccc(Cl)cc1Cl. The molecule has 2 aromatic rings. The number of rotatable bonds is 5. The standard InChI is InChI=1S/C15H12Cl2N2O4/c1-8(10-6-5-9(16)7-12(10)17)18-13-4-2-3-11(15(20)21)14(13)19(22)23/h2-8,18H,1H3,(H,20,21). The monoisotopic (exact) mass is 354 g/mol. The van der Waals surface area contributed by atoms with Crippen LogP contribution >= 0.6 is 23.2 Å². The number of anilines is 1. The maximum atomic E-state index is 11.2. The molecule has 2 aromatic carbocycles. The van der Waals surface area contributed by atoms with Crippen LogP contribution in [-0.4, -0.2) is 16.0 Å². The van der Waals surface area contributed by atoms with Crippen molar-refractivity contribution >= 4 is 40.5 Å². The number of nitro benzene ring substituents is 1. The molecule has 0 spiro atoms. The fourth-order valence-corrected chi connectivity index (χ4v) is 2.77. The van der Waals surface area contributed by atoms with Crippen LogP contribution in [0.3, 0.4) is 0 Å². The lowest BCUT2D eigenvalue weighted by atomic mass is 10.1. The molecule has 2 N–H and O–H groups in total. The van der Waals surface area contributed by atoms with Gasteiger partial charge in [-0.2, -0.15) is 0 Å². The molecule has 0 aliphatic carbocycles. The summed E-state index contributed by atoms with van der Waals surface area (Å²) >= 11 is 12.0. The van der Waals surface area contributed by atoms with Gasteiger partial charge in [-0.25, -0.2) is 4.79 Å². The number of para-hydroxylation sites is 1. The number of halogens is 2. The fraction of sp³-hybridized carbons (Fsp3) is 0.133. The summed E-state index contributed by atoms with van der Waals surface area (Å²) in [6.07, 6.45) is 0. The molecule has 23 heavy (non-hydrogen) atoms. The van der Waals surface area contributed by atoms with E-state index >= 15 is 0 Å². The fourth-order valence-electron chi connectivity index (χ4n) is 2.19. The van der Waals surface area contributed by atoms with Crippen LogP contribution in [0.15, 0.2) is 36.4 Å². The van der Waals surface area contributed by atoms with Gasteiger partial charge < -0.3 is 10.4 Å². The van der Waals surface area contributed by atoms with E-state index in [9.17, 15) is 14.9 Å². The van der Waals surface area contributed by atoms with Crippen molar-refractivity contribution in [3.63, 3.8) is 0 Å². The van der Waals surface area contributed by atoms with Gasteiger partial charge >= 0.3 is 11.7 Å². The molecule has 0 aliphatic rings. The van der Waals surface area contributed by atoms with E-state index in [0.717, 1.165) is 0 Å². The van der Waals surface area contributed by atoms with Crippen molar-refractivity contribution in [1.29, 1.82) is 0 Å². The molecule has 1 atom stereocenters. The highest BCUT2D eigenvalue weighted by molar-refractivity contribution is 6.35. The van der Waals surface area contributed by atoms with Gasteiger partial charge in [0.25, 0.3) is 0 Å². The molecule has 0 aliphatic heterocycles. The van der Waals surface area contributed by atoms with E-state index in [4.69, 9.17) is 28.3 Å². The number of nitro groups is 1. The van der Waals surface area contributed by atoms with Crippen LogP contribution in [-0.2, 0) is 0 Å². The van der Waals surface area contributed by atoms with Crippen LogP contribution < -0.4 is 5.32 Å². The van der Waals surface area contributed by atoms with Crippen molar-refractivity contribution in [3.05, 3.63) is 67.7 Å². The van der Waals surface area contributed by atoms with E-state index in [1.54, 1.807) is 25.1 Å². The minimum Gasteiger partial charge on any atom is -0.477 e. The minimum absolute atomic E-state index is 0.105. The first kappa shape index (κ1) is 17.1. The molecule has 0 aromatic heterocycles. The summed E-state index contributed by atoms with van der Waals surface area (Å²) in [5.41, 5.74) is -0.0779. The highest BCUT2D eigenvalue weighted by Gasteiger charge is 2.25. The Bertz CT molecular complexity index is 780. The summed E-state index contributed by atoms with van der Waals surface area (Å²) in [5, 5.41) is 24.2. The second-order valence-corrected chi connectivity index (χ2v) is 5.64. The van der Waals surface area contributed by atoms with Crippen LogP contribution in [0.25, 0.3) is 0 Å². The molecule has 0 bridgehead atoms. The molecule has 0 fully saturated rings. The third-order valence-corrected chi connectivity index (χ3v) is 3.81. The lowest BCUT2D eigenvalue weighted by Crippen LogP contribution is -2.11. The summed E-state index contributed by atoms with van der Waals surface area (Å²) in [6, 6.07) is 8.62. The van der Waals surface area contributed by atoms with Crippen molar-refractivity contribution in [3.8, 4) is 0 Å². The van der Waals surface area contributed by atoms with Gasteiger partial charge in [0.15, 0.2) is 0 Å². The summed E-state index contributed by atoms with van der Waals surface area (Å²) in [4.78, 5) is 21.7. The topological polar surface area (TPSA) is 92.5 Å². The largest absolute Gasteiger partial charge is 0.477 e. The molecule has 0 amide bonds. The second-order valence-electron chi connectivity index (χ2n) is 4.80. The first-order valence-electron chi connectivity index (χ1n) is 6.53. The van der Waals surface area contributed by atoms with Gasteiger partial charge in [0.05, 0.1) is 11.0 Å². The van der Waals surface area contributed by atoms with E-state index in [2.05, 4.69) is 5.32 Å². The van der Waals surface area contributed by atoms with E-state index in [1.807, 2.05) is 0 Å². The predicted molar refractivity (Wildman–Crippen MR) is 88.6 cm³/mol. The number of nitrogens with one attached hydrogen (secondary N) is 1. The van der Waals surface area contributed by atoms with Gasteiger partial charge in [-0.05, 0) is 36.8 Å². The number of carboxylic acids is 1. The Labute approximate surface area is 141 Å². The normalized spacial score (nSPS) is 11.8. The van der Waals surface area contributed by atoms with Crippen molar-refractivity contribution in [2.24, 2.45) is 0 Å². The first-order chi connectivity index (χ1) is 10.8. The van der Waals surface area contributed by atoms with Crippen molar-refractivity contribution in [2.75, 3.05) is 5.32 Å². The molecule has 2 rings (SSSR count). The number of hydrogen-bond donors (Lipinski definition) is 2. The summed E-state index contributed by atoms with van der Waals surface area (Å²) in [5.74, 6) is -1.36. The smallest absolute Gasteiger partial charge is 0.342 e.